The zero-order valence-electron chi connectivity index (χ0n) is 30.7. The van der Waals surface area contributed by atoms with Gasteiger partial charge in [0.25, 0.3) is 0 Å². The van der Waals surface area contributed by atoms with Crippen molar-refractivity contribution in [1.29, 1.82) is 0 Å². The molecule has 0 bridgehead atoms. The number of hydrogen-bond donors (Lipinski definition) is 1. The fourth-order valence-corrected chi connectivity index (χ4v) is 8.39. The summed E-state index contributed by atoms with van der Waals surface area (Å²) in [4.78, 5) is 10.7. The van der Waals surface area contributed by atoms with Crippen molar-refractivity contribution < 1.29 is 0 Å². The van der Waals surface area contributed by atoms with Crippen molar-refractivity contribution in [1.82, 2.24) is 5.32 Å². The Kier molecular flexibility index (Phi) is 8.07. The highest BCUT2D eigenvalue weighted by molar-refractivity contribution is 6.25. The molecule has 0 aromatic heterocycles. The van der Waals surface area contributed by atoms with Gasteiger partial charge in [0.15, 0.2) is 11.5 Å². The van der Waals surface area contributed by atoms with E-state index in [4.69, 9.17) is 9.98 Å². The molecule has 10 rings (SSSR count). The minimum atomic E-state index is -0.764. The molecule has 1 heterocycles. The summed E-state index contributed by atoms with van der Waals surface area (Å²) >= 11 is 0. The van der Waals surface area contributed by atoms with Crippen LogP contribution in [0.4, 0.5) is 0 Å². The van der Waals surface area contributed by atoms with Crippen LogP contribution in [-0.2, 0) is 5.66 Å². The molecule has 0 radical (unpaired) electrons. The first-order valence-corrected chi connectivity index (χ1v) is 19.1. The summed E-state index contributed by atoms with van der Waals surface area (Å²) in [7, 11) is 0. The second kappa shape index (κ2) is 13.5. The smallest absolute Gasteiger partial charge is 0.156 e. The number of nitrogens with zero attached hydrogens (tertiary/aromatic N) is 2. The standard InChI is InChI=1S/C52H39N3/c1-52(43-24-14-21-39(33-43)36-17-6-3-7-18-36)54-50(41-22-12-19-37(31-41)35-15-4-2-5-16-35)53-51(55-52)42-23-13-20-38(32-42)40-29-30-48-46-27-9-8-25-44(46)45-26-10-11-28-47(45)49(48)34-40/h2-30,32-34,37H,31H2,1H3,(H,53,54,55). The van der Waals surface area contributed by atoms with Gasteiger partial charge in [0.1, 0.15) is 5.84 Å². The predicted octanol–water partition coefficient (Wildman–Crippen LogP) is 12.8. The highest BCUT2D eigenvalue weighted by atomic mass is 15.2. The molecule has 3 heteroatoms. The van der Waals surface area contributed by atoms with Crippen LogP contribution < -0.4 is 5.32 Å². The van der Waals surface area contributed by atoms with Crippen LogP contribution in [0.2, 0.25) is 0 Å². The number of rotatable bonds is 6. The van der Waals surface area contributed by atoms with E-state index in [1.807, 2.05) is 0 Å². The highest BCUT2D eigenvalue weighted by Gasteiger charge is 2.33. The Bertz CT molecular complexity index is 2850. The maximum atomic E-state index is 5.43. The van der Waals surface area contributed by atoms with Gasteiger partial charge in [0.2, 0.25) is 0 Å². The number of fused-ring (bicyclic) bond motifs is 6. The van der Waals surface area contributed by atoms with E-state index in [9.17, 15) is 0 Å². The van der Waals surface area contributed by atoms with E-state index in [-0.39, 0.29) is 5.92 Å². The molecule has 0 saturated carbocycles. The minimum Gasteiger partial charge on any atom is -0.342 e. The second-order valence-electron chi connectivity index (χ2n) is 14.8. The van der Waals surface area contributed by atoms with Gasteiger partial charge in [-0.1, -0.05) is 176 Å². The van der Waals surface area contributed by atoms with Crippen molar-refractivity contribution in [3.63, 3.8) is 0 Å². The van der Waals surface area contributed by atoms with Gasteiger partial charge in [0, 0.05) is 11.5 Å². The molecular formula is C52H39N3. The van der Waals surface area contributed by atoms with Gasteiger partial charge in [-0.25, -0.2) is 9.98 Å². The lowest BCUT2D eigenvalue weighted by molar-refractivity contribution is 0.454. The van der Waals surface area contributed by atoms with Crippen molar-refractivity contribution in [3.05, 3.63) is 216 Å². The maximum absolute atomic E-state index is 5.43. The topological polar surface area (TPSA) is 36.8 Å². The molecule has 0 saturated heterocycles. The number of amidine groups is 2. The van der Waals surface area contributed by atoms with Gasteiger partial charge in [-0.2, -0.15) is 0 Å². The van der Waals surface area contributed by atoms with E-state index in [2.05, 4.69) is 206 Å². The Morgan fingerprint density at radius 3 is 1.80 bits per heavy atom. The van der Waals surface area contributed by atoms with E-state index in [0.717, 1.165) is 45.9 Å². The SMILES string of the molecule is CC1(c2cccc(-c3ccccc3)c2)N=C(C2=CC=CC(c3ccccc3)C2)N=C(c2cccc(-c3ccc4c5ccccc5c5ccccc5c4c3)c2)N1. The van der Waals surface area contributed by atoms with Crippen LogP contribution in [0.25, 0.3) is 54.6 Å². The average Bonchev–Trinajstić information content (AvgIpc) is 3.27. The van der Waals surface area contributed by atoms with Crippen molar-refractivity contribution >= 4 is 44.0 Å². The largest absolute Gasteiger partial charge is 0.342 e. The first-order chi connectivity index (χ1) is 27.1. The third-order valence-corrected chi connectivity index (χ3v) is 11.2. The minimum absolute atomic E-state index is 0.259. The van der Waals surface area contributed by atoms with Gasteiger partial charge in [-0.15, -0.1) is 0 Å². The summed E-state index contributed by atoms with van der Waals surface area (Å²) in [5, 5.41) is 11.5. The van der Waals surface area contributed by atoms with Gasteiger partial charge in [0.05, 0.1) is 0 Å². The normalized spacial score (nSPS) is 18.1. The second-order valence-corrected chi connectivity index (χ2v) is 14.8. The van der Waals surface area contributed by atoms with Crippen LogP contribution in [0.3, 0.4) is 0 Å². The summed E-state index contributed by atoms with van der Waals surface area (Å²) < 4.78 is 0. The van der Waals surface area contributed by atoms with Crippen LogP contribution in [-0.4, -0.2) is 11.7 Å². The predicted molar refractivity (Wildman–Crippen MR) is 232 cm³/mol. The fourth-order valence-electron chi connectivity index (χ4n) is 8.39. The first kappa shape index (κ1) is 32.8. The Balaban J connectivity index is 1.08. The molecule has 3 nitrogen and oxygen atoms in total. The Labute approximate surface area is 321 Å². The molecule has 0 spiro atoms. The molecule has 2 aliphatic rings. The lowest BCUT2D eigenvalue weighted by Crippen LogP contribution is -2.46. The molecule has 262 valence electrons. The molecule has 8 aromatic carbocycles. The Morgan fingerprint density at radius 1 is 0.509 bits per heavy atom. The van der Waals surface area contributed by atoms with E-state index >= 15 is 0 Å². The van der Waals surface area contributed by atoms with Crippen molar-refractivity contribution in [3.8, 4) is 22.3 Å². The third kappa shape index (κ3) is 6.04. The zero-order valence-corrected chi connectivity index (χ0v) is 30.7. The third-order valence-electron chi connectivity index (χ3n) is 11.2. The monoisotopic (exact) mass is 705 g/mol. The van der Waals surface area contributed by atoms with Crippen LogP contribution >= 0.6 is 0 Å². The molecule has 8 aromatic rings. The van der Waals surface area contributed by atoms with Gasteiger partial charge in [-0.3, -0.25) is 0 Å². The highest BCUT2D eigenvalue weighted by Crippen LogP contribution is 2.38. The molecule has 1 N–H and O–H groups in total. The van der Waals surface area contributed by atoms with Crippen LogP contribution in [0.1, 0.15) is 36.0 Å². The number of nitrogens with one attached hydrogen (secondary N) is 1. The molecule has 0 amide bonds. The fraction of sp³-hybridized carbons (Fsp3) is 0.0769. The molecule has 55 heavy (non-hydrogen) atoms. The van der Waals surface area contributed by atoms with E-state index in [1.54, 1.807) is 0 Å². The van der Waals surface area contributed by atoms with Crippen molar-refractivity contribution in [2.45, 2.75) is 24.9 Å². The molecule has 1 aliphatic heterocycles. The number of allylic oxidation sites excluding steroid dienone is 3. The quantitative estimate of drug-likeness (QED) is 0.172. The summed E-state index contributed by atoms with van der Waals surface area (Å²) in [5.41, 5.74) is 8.41. The first-order valence-electron chi connectivity index (χ1n) is 19.1. The molecule has 0 fully saturated rings. The molecule has 2 atom stereocenters. The summed E-state index contributed by atoms with van der Waals surface area (Å²) in [5.74, 6) is 1.83. The van der Waals surface area contributed by atoms with E-state index in [1.165, 1.54) is 49.0 Å². The summed E-state index contributed by atoms with van der Waals surface area (Å²) in [6.07, 6.45) is 7.46. The molecule has 2 unspecified atom stereocenters. The van der Waals surface area contributed by atoms with Gasteiger partial charge < -0.3 is 5.32 Å². The van der Waals surface area contributed by atoms with Crippen LogP contribution in [0.15, 0.2) is 210 Å². The Morgan fingerprint density at radius 2 is 1.07 bits per heavy atom. The summed E-state index contributed by atoms with van der Waals surface area (Å²) in [6.45, 7) is 2.17. The average molecular weight is 706 g/mol. The number of benzene rings is 8. The lowest BCUT2D eigenvalue weighted by atomic mass is 9.87. The zero-order chi connectivity index (χ0) is 36.8. The molecule has 1 aliphatic carbocycles. The number of aliphatic imine (C=N–C) groups is 2. The lowest BCUT2D eigenvalue weighted by Gasteiger charge is -2.34. The van der Waals surface area contributed by atoms with Gasteiger partial charge in [-0.05, 0) is 103 Å². The maximum Gasteiger partial charge on any atom is 0.156 e. The Hall–Kier alpha value is -6.84. The van der Waals surface area contributed by atoms with Crippen molar-refractivity contribution in [2.24, 2.45) is 9.98 Å². The molecular weight excluding hydrogens is 667 g/mol. The van der Waals surface area contributed by atoms with Crippen LogP contribution in [0, 0.1) is 0 Å². The van der Waals surface area contributed by atoms with Crippen molar-refractivity contribution in [2.75, 3.05) is 0 Å². The van der Waals surface area contributed by atoms with E-state index in [0.29, 0.717) is 0 Å². The van der Waals surface area contributed by atoms with Gasteiger partial charge >= 0.3 is 0 Å². The number of hydrogen-bond acceptors (Lipinski definition) is 3. The van der Waals surface area contributed by atoms with E-state index < -0.39 is 5.66 Å². The van der Waals surface area contributed by atoms with Crippen LogP contribution in [0.5, 0.6) is 0 Å². The summed E-state index contributed by atoms with van der Waals surface area (Å²) in [6, 6.07) is 63.2.